The van der Waals surface area contributed by atoms with Crippen molar-refractivity contribution in [1.82, 2.24) is 15.2 Å². The van der Waals surface area contributed by atoms with Gasteiger partial charge in [0, 0.05) is 23.4 Å². The predicted molar refractivity (Wildman–Crippen MR) is 197 cm³/mol. The van der Waals surface area contributed by atoms with E-state index in [1.54, 1.807) is 5.38 Å². The van der Waals surface area contributed by atoms with Crippen LogP contribution in [0.25, 0.3) is 0 Å². The van der Waals surface area contributed by atoms with Crippen LogP contribution in [0.1, 0.15) is 41.6 Å². The Kier molecular flexibility index (Phi) is 10.4. The van der Waals surface area contributed by atoms with Gasteiger partial charge in [-0.05, 0) is 35.1 Å². The molecular weight excluding hydrogens is 710 g/mol. The fourth-order valence-electron chi connectivity index (χ4n) is 6.49. The average Bonchev–Trinajstić information content (AvgIpc) is 3.64. The summed E-state index contributed by atoms with van der Waals surface area (Å²) in [5.41, 5.74) is 2.49. The minimum atomic E-state index is -1.24. The summed E-state index contributed by atoms with van der Waals surface area (Å²) in [6.45, 7) is 0.516. The normalized spacial score (nSPS) is 20.6. The molecule has 3 aromatic carbocycles. The molecule has 3 N–H and O–H groups in total. The van der Waals surface area contributed by atoms with Crippen LogP contribution in [0, 0.1) is 0 Å². The second-order valence-electron chi connectivity index (χ2n) is 12.1. The number of hydrogen-bond donors (Lipinski definition) is 3. The monoisotopic (exact) mass is 743 g/mol. The highest BCUT2D eigenvalue weighted by atomic mass is 35.5. The van der Waals surface area contributed by atoms with Gasteiger partial charge in [-0.15, -0.1) is 34.7 Å². The van der Waals surface area contributed by atoms with Gasteiger partial charge < -0.3 is 25.3 Å². The van der Waals surface area contributed by atoms with E-state index in [1.165, 1.54) is 28.0 Å². The van der Waals surface area contributed by atoms with Crippen molar-refractivity contribution in [3.63, 3.8) is 0 Å². The molecule has 3 aliphatic heterocycles. The molecule has 51 heavy (non-hydrogen) atoms. The number of carbonyl (C=O) groups excluding carboxylic acids is 2. The van der Waals surface area contributed by atoms with Gasteiger partial charge in [-0.1, -0.05) is 96.2 Å². The van der Waals surface area contributed by atoms with Crippen molar-refractivity contribution in [1.29, 1.82) is 0 Å². The van der Waals surface area contributed by atoms with Crippen LogP contribution in [0.15, 0.2) is 113 Å². The summed E-state index contributed by atoms with van der Waals surface area (Å²) < 4.78 is 5.69. The van der Waals surface area contributed by atoms with Gasteiger partial charge in [0.05, 0.1) is 6.61 Å². The number of benzene rings is 3. The number of thioether (sulfide) groups is 1. The molecule has 1 aromatic heterocycles. The number of aromatic nitrogens is 1. The Bertz CT molecular complexity index is 1860. The number of carboxylic acids is 1. The maximum Gasteiger partial charge on any atom is 0.352 e. The Morgan fingerprint density at radius 1 is 1.00 bits per heavy atom. The Morgan fingerprint density at radius 3 is 2.18 bits per heavy atom. The highest BCUT2D eigenvalue weighted by molar-refractivity contribution is 8.00. The number of amides is 2. The first-order valence-electron chi connectivity index (χ1n) is 16.4. The maximum absolute atomic E-state index is 14.0. The van der Waals surface area contributed by atoms with Gasteiger partial charge in [0.15, 0.2) is 10.8 Å². The van der Waals surface area contributed by atoms with Crippen LogP contribution in [-0.4, -0.2) is 74.4 Å². The fraction of sp³-hybridized carbons (Fsp3) is 0.270. The molecule has 0 spiro atoms. The Balaban J connectivity index is 1.22. The lowest BCUT2D eigenvalue weighted by molar-refractivity contribution is -0.162. The number of nitrogens with one attached hydrogen (secondary N) is 2. The molecule has 0 aliphatic carbocycles. The van der Waals surface area contributed by atoms with Crippen LogP contribution in [0.2, 0.25) is 0 Å². The molecule has 4 aromatic rings. The van der Waals surface area contributed by atoms with Gasteiger partial charge in [0.25, 0.3) is 11.8 Å². The lowest BCUT2D eigenvalue weighted by atomic mass is 9.77. The SMILES string of the molecule is O=C(O)C1=C(CCl)CS[C@H]2C(NC(=O)C(=NOC3CCCCO3)c3csc(NC(c4ccccc4)(c4ccccc4)c4ccccc4)n3)C(=O)N12. The number of carboxylic acid groups (broad SMARTS) is 1. The number of carbonyl (C=O) groups is 3. The number of ether oxygens (including phenoxy) is 1. The molecule has 2 unspecified atom stereocenters. The Morgan fingerprint density at radius 2 is 1.63 bits per heavy atom. The third-order valence-corrected chi connectivity index (χ3v) is 11.4. The second-order valence-corrected chi connectivity index (χ2v) is 14.3. The number of alkyl halides is 1. The molecule has 14 heteroatoms. The van der Waals surface area contributed by atoms with Gasteiger partial charge >= 0.3 is 5.97 Å². The molecule has 2 saturated heterocycles. The minimum Gasteiger partial charge on any atom is -0.477 e. The van der Waals surface area contributed by atoms with E-state index in [1.807, 2.05) is 54.6 Å². The van der Waals surface area contributed by atoms with Crippen molar-refractivity contribution >= 4 is 63.3 Å². The van der Waals surface area contributed by atoms with Crippen molar-refractivity contribution in [3.05, 3.63) is 130 Å². The smallest absolute Gasteiger partial charge is 0.352 e. The Labute approximate surface area is 307 Å². The number of rotatable bonds is 12. The lowest BCUT2D eigenvalue weighted by Crippen LogP contribution is -2.71. The topological polar surface area (TPSA) is 142 Å². The van der Waals surface area contributed by atoms with Gasteiger partial charge in [-0.3, -0.25) is 14.5 Å². The number of halogens is 1. The van der Waals surface area contributed by atoms with E-state index < -0.39 is 41.0 Å². The summed E-state index contributed by atoms with van der Waals surface area (Å²) >= 11 is 8.62. The zero-order valence-electron chi connectivity index (χ0n) is 27.2. The van der Waals surface area contributed by atoms with E-state index in [0.717, 1.165) is 29.5 Å². The third-order valence-electron chi connectivity index (χ3n) is 8.97. The van der Waals surface area contributed by atoms with Crippen molar-refractivity contribution in [2.75, 3.05) is 23.6 Å². The number of fused-ring (bicyclic) bond motifs is 1. The van der Waals surface area contributed by atoms with Crippen LogP contribution < -0.4 is 10.6 Å². The lowest BCUT2D eigenvalue weighted by Gasteiger charge is -2.49. The number of aliphatic carboxylic acids is 1. The molecule has 3 aliphatic rings. The maximum atomic E-state index is 14.0. The molecular formula is C37H34ClN5O6S2. The zero-order valence-corrected chi connectivity index (χ0v) is 29.6. The molecule has 0 bridgehead atoms. The minimum absolute atomic E-state index is 0.0140. The second kappa shape index (κ2) is 15.3. The first-order chi connectivity index (χ1) is 24.9. The summed E-state index contributed by atoms with van der Waals surface area (Å²) in [6, 6.07) is 29.2. The van der Waals surface area contributed by atoms with Gasteiger partial charge in [-0.2, -0.15) is 0 Å². The summed E-state index contributed by atoms with van der Waals surface area (Å²) in [4.78, 5) is 51.1. The predicted octanol–water partition coefficient (Wildman–Crippen LogP) is 5.77. The molecule has 2 fully saturated rings. The van der Waals surface area contributed by atoms with Crippen molar-refractivity contribution in [3.8, 4) is 0 Å². The number of thiazole rings is 1. The van der Waals surface area contributed by atoms with Crippen LogP contribution in [0.3, 0.4) is 0 Å². The summed E-state index contributed by atoms with van der Waals surface area (Å²) in [5, 5.41) is 22.2. The molecule has 7 rings (SSSR count). The van der Waals surface area contributed by atoms with Gasteiger partial charge in [0.2, 0.25) is 6.29 Å². The highest BCUT2D eigenvalue weighted by Crippen LogP contribution is 2.42. The molecule has 0 saturated carbocycles. The first-order valence-corrected chi connectivity index (χ1v) is 18.9. The molecule has 3 atom stereocenters. The fourth-order valence-corrected chi connectivity index (χ4v) is 8.92. The molecule has 4 heterocycles. The van der Waals surface area contributed by atoms with Crippen LogP contribution in [0.5, 0.6) is 0 Å². The highest BCUT2D eigenvalue weighted by Gasteiger charge is 2.54. The van der Waals surface area contributed by atoms with E-state index in [-0.39, 0.29) is 23.0 Å². The first kappa shape index (κ1) is 34.7. The quantitative estimate of drug-likeness (QED) is 0.0542. The third kappa shape index (κ3) is 6.86. The number of β-lactam (4-membered cyclic amide) rings is 1. The Hall–Kier alpha value is -4.69. The average molecular weight is 744 g/mol. The summed E-state index contributed by atoms with van der Waals surface area (Å²) in [7, 11) is 0. The number of oxime groups is 1. The van der Waals surface area contributed by atoms with Gasteiger partial charge in [0.1, 0.15) is 28.3 Å². The molecule has 0 radical (unpaired) electrons. The van der Waals surface area contributed by atoms with Crippen LogP contribution >= 0.6 is 34.7 Å². The number of anilines is 1. The van der Waals surface area contributed by atoms with E-state index in [2.05, 4.69) is 52.2 Å². The number of hydrogen-bond acceptors (Lipinski definition) is 10. The van der Waals surface area contributed by atoms with E-state index >= 15 is 0 Å². The van der Waals surface area contributed by atoms with E-state index in [0.29, 0.717) is 29.5 Å². The van der Waals surface area contributed by atoms with Gasteiger partial charge in [-0.25, -0.2) is 9.78 Å². The van der Waals surface area contributed by atoms with Crippen molar-refractivity contribution in [2.45, 2.75) is 42.5 Å². The van der Waals surface area contributed by atoms with E-state index in [4.69, 9.17) is 26.2 Å². The summed E-state index contributed by atoms with van der Waals surface area (Å²) in [6.07, 6.45) is 1.77. The molecule has 11 nitrogen and oxygen atoms in total. The molecule has 262 valence electrons. The zero-order chi connectivity index (χ0) is 35.4. The summed E-state index contributed by atoms with van der Waals surface area (Å²) in [5.74, 6) is -2.17. The van der Waals surface area contributed by atoms with E-state index in [9.17, 15) is 19.5 Å². The van der Waals surface area contributed by atoms with Crippen molar-refractivity contribution < 1.29 is 29.1 Å². The van der Waals surface area contributed by atoms with Crippen LogP contribution in [0.4, 0.5) is 5.13 Å². The van der Waals surface area contributed by atoms with Crippen molar-refractivity contribution in [2.24, 2.45) is 5.16 Å². The van der Waals surface area contributed by atoms with Crippen LogP contribution in [-0.2, 0) is 29.5 Å². The standard InChI is InChI=1S/C37H34ClN5O6S2/c38-20-23-21-50-34-30(33(45)43(34)31(23)35(46)47)40-32(44)29(42-49-28-18-10-11-19-48-28)27-22-51-36(39-27)41-37(24-12-4-1-5-13-24,25-14-6-2-7-15-25)26-16-8-3-9-17-26/h1-9,12-17,22,28,30,34H,10-11,18-21H2,(H,39,41)(H,40,44)(H,46,47)/t28?,30?,34-/m0/s1. The molecule has 2 amide bonds. The largest absolute Gasteiger partial charge is 0.477 e. The number of nitrogens with zero attached hydrogens (tertiary/aromatic N) is 3.